The molecule has 0 N–H and O–H groups in total. The fourth-order valence-corrected chi connectivity index (χ4v) is 4.55. The number of benzene rings is 3. The van der Waals surface area contributed by atoms with Crippen LogP contribution in [-0.4, -0.2) is 4.98 Å². The Morgan fingerprint density at radius 3 is 2.24 bits per heavy atom. The third-order valence-corrected chi connectivity index (χ3v) is 5.77. The molecule has 5 rings (SSSR count). The first-order chi connectivity index (χ1) is 12.4. The average Bonchev–Trinajstić information content (AvgIpc) is 3.08. The van der Waals surface area contributed by atoms with Crippen molar-refractivity contribution in [2.24, 2.45) is 0 Å². The number of hydrogen-bond acceptors (Lipinski definition) is 2. The predicted molar refractivity (Wildman–Crippen MR) is 108 cm³/mol. The van der Waals surface area contributed by atoms with Crippen molar-refractivity contribution in [1.29, 1.82) is 0 Å². The molecular weight excluding hydrogens is 322 g/mol. The van der Waals surface area contributed by atoms with Crippen LogP contribution in [0.3, 0.4) is 0 Å². The van der Waals surface area contributed by atoms with Crippen LogP contribution in [0.4, 0.5) is 0 Å². The number of nitrogens with zero attached hydrogens (tertiary/aromatic N) is 1. The first kappa shape index (κ1) is 14.4. The van der Waals surface area contributed by atoms with E-state index in [1.165, 1.54) is 25.7 Å². The van der Waals surface area contributed by atoms with Gasteiger partial charge in [0, 0.05) is 43.1 Å². The fourth-order valence-electron chi connectivity index (χ4n) is 3.31. The van der Waals surface area contributed by atoms with Gasteiger partial charge in [-0.15, -0.1) is 11.3 Å². The molecule has 0 amide bonds. The minimum absolute atomic E-state index is 1.01. The van der Waals surface area contributed by atoms with E-state index in [9.17, 15) is 0 Å². The number of pyridine rings is 1. The van der Waals surface area contributed by atoms with Crippen LogP contribution in [0.5, 0.6) is 0 Å². The topological polar surface area (TPSA) is 12.9 Å². The second kappa shape index (κ2) is 5.83. The highest BCUT2D eigenvalue weighted by Crippen LogP contribution is 2.39. The maximum atomic E-state index is 4.69. The number of hydrogen-bond donors (Lipinski definition) is 0. The van der Waals surface area contributed by atoms with Crippen molar-refractivity contribution in [2.75, 3.05) is 0 Å². The maximum absolute atomic E-state index is 4.69. The van der Waals surface area contributed by atoms with Gasteiger partial charge < -0.3 is 0 Å². The molecule has 0 aliphatic rings. The molecule has 25 heavy (non-hydrogen) atoms. The van der Waals surface area contributed by atoms with Crippen molar-refractivity contribution in [3.05, 3.63) is 91.1 Å². The number of aromatic nitrogens is 1. The van der Waals surface area contributed by atoms with Gasteiger partial charge in [0.05, 0.1) is 5.69 Å². The standard InChI is InChI=1S/C23H15NS/c1-2-7-16(8-3-1)21-14-13-17(15-24-21)18-10-6-11-20-19-9-4-5-12-22(19)25-23(18)20/h1-15H. The van der Waals surface area contributed by atoms with Crippen LogP contribution >= 0.6 is 11.3 Å². The lowest BCUT2D eigenvalue weighted by molar-refractivity contribution is 1.33. The summed E-state index contributed by atoms with van der Waals surface area (Å²) in [4.78, 5) is 4.69. The van der Waals surface area contributed by atoms with Gasteiger partial charge in [-0.25, -0.2) is 0 Å². The van der Waals surface area contributed by atoms with Gasteiger partial charge in [-0.3, -0.25) is 4.98 Å². The quantitative estimate of drug-likeness (QED) is 0.346. The van der Waals surface area contributed by atoms with E-state index < -0.39 is 0 Å². The van der Waals surface area contributed by atoms with E-state index in [0.717, 1.165) is 16.8 Å². The molecule has 0 fully saturated rings. The lowest BCUT2D eigenvalue weighted by Gasteiger charge is -2.05. The van der Waals surface area contributed by atoms with E-state index in [2.05, 4.69) is 66.7 Å². The second-order valence-electron chi connectivity index (χ2n) is 6.08. The summed E-state index contributed by atoms with van der Waals surface area (Å²) in [6.07, 6.45) is 1.99. The largest absolute Gasteiger partial charge is 0.256 e. The monoisotopic (exact) mass is 337 g/mol. The zero-order chi connectivity index (χ0) is 16.6. The molecule has 5 aromatic rings. The molecule has 0 atom stereocenters. The fraction of sp³-hybridized carbons (Fsp3) is 0. The molecule has 0 aliphatic heterocycles. The Bertz CT molecular complexity index is 1170. The van der Waals surface area contributed by atoms with Gasteiger partial charge in [0.1, 0.15) is 0 Å². The summed E-state index contributed by atoms with van der Waals surface area (Å²) in [5.74, 6) is 0. The molecule has 118 valence electrons. The summed E-state index contributed by atoms with van der Waals surface area (Å²) < 4.78 is 2.66. The van der Waals surface area contributed by atoms with Crippen molar-refractivity contribution in [2.45, 2.75) is 0 Å². The Kier molecular flexibility index (Phi) is 3.36. The van der Waals surface area contributed by atoms with Crippen molar-refractivity contribution >= 4 is 31.5 Å². The van der Waals surface area contributed by atoms with Gasteiger partial charge in [0.25, 0.3) is 0 Å². The molecule has 2 aromatic heterocycles. The van der Waals surface area contributed by atoms with Crippen LogP contribution in [0.15, 0.2) is 91.1 Å². The van der Waals surface area contributed by atoms with Crippen molar-refractivity contribution in [3.8, 4) is 22.4 Å². The van der Waals surface area contributed by atoms with E-state index in [-0.39, 0.29) is 0 Å². The van der Waals surface area contributed by atoms with Gasteiger partial charge in [0.15, 0.2) is 0 Å². The van der Waals surface area contributed by atoms with Gasteiger partial charge >= 0.3 is 0 Å². The SMILES string of the molecule is c1ccc(-c2ccc(-c3cccc4c3sc3ccccc34)cn2)cc1. The lowest BCUT2D eigenvalue weighted by Crippen LogP contribution is -1.85. The molecule has 1 nitrogen and oxygen atoms in total. The third kappa shape index (κ3) is 2.43. The van der Waals surface area contributed by atoms with E-state index >= 15 is 0 Å². The van der Waals surface area contributed by atoms with Crippen LogP contribution in [0, 0.1) is 0 Å². The van der Waals surface area contributed by atoms with E-state index in [0.29, 0.717) is 0 Å². The van der Waals surface area contributed by atoms with Gasteiger partial charge in [0.2, 0.25) is 0 Å². The molecular formula is C23H15NS. The van der Waals surface area contributed by atoms with Crippen LogP contribution in [0.25, 0.3) is 42.6 Å². The normalized spacial score (nSPS) is 11.2. The molecule has 0 unspecified atom stereocenters. The highest BCUT2D eigenvalue weighted by molar-refractivity contribution is 7.26. The van der Waals surface area contributed by atoms with Crippen LogP contribution < -0.4 is 0 Å². The molecule has 0 saturated heterocycles. The van der Waals surface area contributed by atoms with Crippen LogP contribution in [-0.2, 0) is 0 Å². The zero-order valence-corrected chi connectivity index (χ0v) is 14.3. The van der Waals surface area contributed by atoms with E-state index in [4.69, 9.17) is 4.98 Å². The summed E-state index contributed by atoms with van der Waals surface area (Å²) in [7, 11) is 0. The van der Waals surface area contributed by atoms with Gasteiger partial charge in [-0.1, -0.05) is 72.8 Å². The van der Waals surface area contributed by atoms with Crippen molar-refractivity contribution < 1.29 is 0 Å². The summed E-state index contributed by atoms with van der Waals surface area (Å²) >= 11 is 1.86. The minimum Gasteiger partial charge on any atom is -0.256 e. The Hall–Kier alpha value is -2.97. The summed E-state index contributed by atoms with van der Waals surface area (Å²) in [6.45, 7) is 0. The van der Waals surface area contributed by atoms with Crippen LogP contribution in [0.2, 0.25) is 0 Å². The van der Waals surface area contributed by atoms with Gasteiger partial charge in [-0.05, 0) is 12.1 Å². The highest BCUT2D eigenvalue weighted by atomic mass is 32.1. The number of thiophene rings is 1. The first-order valence-corrected chi connectivity index (χ1v) is 9.14. The van der Waals surface area contributed by atoms with E-state index in [1.54, 1.807) is 0 Å². The third-order valence-electron chi connectivity index (χ3n) is 4.55. The Labute approximate surface area is 150 Å². The molecule has 0 aliphatic carbocycles. The Morgan fingerprint density at radius 2 is 1.40 bits per heavy atom. The maximum Gasteiger partial charge on any atom is 0.0702 e. The smallest absolute Gasteiger partial charge is 0.0702 e. The summed E-state index contributed by atoms with van der Waals surface area (Å²) in [5.41, 5.74) is 4.57. The van der Waals surface area contributed by atoms with Crippen LogP contribution in [0.1, 0.15) is 0 Å². The van der Waals surface area contributed by atoms with E-state index in [1.807, 2.05) is 35.7 Å². The van der Waals surface area contributed by atoms with Crippen molar-refractivity contribution in [3.63, 3.8) is 0 Å². The molecule has 0 saturated carbocycles. The number of fused-ring (bicyclic) bond motifs is 3. The zero-order valence-electron chi connectivity index (χ0n) is 13.5. The molecule has 2 heterocycles. The lowest BCUT2D eigenvalue weighted by atomic mass is 10.0. The number of rotatable bonds is 2. The van der Waals surface area contributed by atoms with Gasteiger partial charge in [-0.2, -0.15) is 0 Å². The molecule has 2 heteroatoms. The Morgan fingerprint density at radius 1 is 0.600 bits per heavy atom. The highest BCUT2D eigenvalue weighted by Gasteiger charge is 2.10. The first-order valence-electron chi connectivity index (χ1n) is 8.32. The average molecular weight is 337 g/mol. The molecule has 0 radical (unpaired) electrons. The molecule has 3 aromatic carbocycles. The Balaban J connectivity index is 1.66. The molecule has 0 spiro atoms. The summed E-state index contributed by atoms with van der Waals surface area (Å²) in [5, 5.41) is 2.66. The predicted octanol–water partition coefficient (Wildman–Crippen LogP) is 6.78. The van der Waals surface area contributed by atoms with Crippen molar-refractivity contribution in [1.82, 2.24) is 4.98 Å². The summed E-state index contributed by atoms with van der Waals surface area (Å²) in [6, 6.07) is 29.7. The molecule has 0 bridgehead atoms. The second-order valence-corrected chi connectivity index (χ2v) is 7.13. The minimum atomic E-state index is 1.01.